The maximum Gasteiger partial charge on any atom is 0.358 e. The van der Waals surface area contributed by atoms with E-state index >= 15 is 0 Å². The third kappa shape index (κ3) is 5.96. The van der Waals surface area contributed by atoms with Crippen molar-refractivity contribution in [3.8, 4) is 0 Å². The minimum atomic E-state index is -0.460. The molecule has 5 heteroatoms. The molecule has 0 aliphatic carbocycles. The lowest BCUT2D eigenvalue weighted by Gasteiger charge is -2.04. The molecule has 0 N–H and O–H groups in total. The summed E-state index contributed by atoms with van der Waals surface area (Å²) in [5, 5.41) is 0.198. The number of unbranched alkanes of at least 4 members (excludes halogenated alkanes) is 5. The van der Waals surface area contributed by atoms with Crippen LogP contribution in [0, 0.1) is 0 Å². The number of nitrogens with zero attached hydrogens (tertiary/aromatic N) is 2. The Hall–Kier alpha value is -1.16. The minimum Gasteiger partial charge on any atom is -0.461 e. The van der Waals surface area contributed by atoms with E-state index in [0.717, 1.165) is 12.8 Å². The lowest BCUT2D eigenvalue weighted by molar-refractivity contribution is 0.0490. The van der Waals surface area contributed by atoms with Gasteiger partial charge in [0.1, 0.15) is 5.15 Å². The van der Waals surface area contributed by atoms with Crippen LogP contribution in [0.25, 0.3) is 0 Å². The van der Waals surface area contributed by atoms with Gasteiger partial charge in [-0.3, -0.25) is 4.98 Å². The van der Waals surface area contributed by atoms with Crippen LogP contribution >= 0.6 is 11.6 Å². The van der Waals surface area contributed by atoms with Crippen LogP contribution in [0.5, 0.6) is 0 Å². The van der Waals surface area contributed by atoms with Crippen LogP contribution in [0.2, 0.25) is 5.15 Å². The Morgan fingerprint density at radius 1 is 1.22 bits per heavy atom. The Kier molecular flexibility index (Phi) is 7.34. The second-order valence-corrected chi connectivity index (χ2v) is 4.52. The molecular weight excluding hydrogens is 252 g/mol. The zero-order valence-corrected chi connectivity index (χ0v) is 11.4. The average Bonchev–Trinajstić information content (AvgIpc) is 2.37. The van der Waals surface area contributed by atoms with Gasteiger partial charge in [0, 0.05) is 0 Å². The van der Waals surface area contributed by atoms with Gasteiger partial charge in [-0.1, -0.05) is 50.6 Å². The first-order valence-corrected chi connectivity index (χ1v) is 6.76. The molecule has 0 saturated carbocycles. The van der Waals surface area contributed by atoms with Crippen molar-refractivity contribution < 1.29 is 9.53 Å². The van der Waals surface area contributed by atoms with Crippen molar-refractivity contribution in [1.29, 1.82) is 0 Å². The molecule has 18 heavy (non-hydrogen) atoms. The predicted octanol–water partition coefficient (Wildman–Crippen LogP) is 3.65. The maximum atomic E-state index is 11.5. The molecule has 0 aliphatic rings. The number of hydrogen-bond donors (Lipinski definition) is 0. The summed E-state index contributed by atoms with van der Waals surface area (Å²) < 4.78 is 5.09. The first-order valence-electron chi connectivity index (χ1n) is 6.38. The van der Waals surface area contributed by atoms with Gasteiger partial charge in [0.25, 0.3) is 0 Å². The van der Waals surface area contributed by atoms with Crippen LogP contribution < -0.4 is 0 Å². The highest BCUT2D eigenvalue weighted by Crippen LogP contribution is 2.07. The molecule has 100 valence electrons. The number of halogens is 1. The SMILES string of the molecule is CCCCCCCCOC(=O)c1cncc(Cl)n1. The van der Waals surface area contributed by atoms with Gasteiger partial charge in [-0.05, 0) is 6.42 Å². The number of esters is 1. The summed E-state index contributed by atoms with van der Waals surface area (Å²) in [5.41, 5.74) is 0.161. The van der Waals surface area contributed by atoms with Gasteiger partial charge < -0.3 is 4.74 Å². The van der Waals surface area contributed by atoms with Crippen LogP contribution in [0.3, 0.4) is 0 Å². The quantitative estimate of drug-likeness (QED) is 0.534. The van der Waals surface area contributed by atoms with Crippen molar-refractivity contribution in [1.82, 2.24) is 9.97 Å². The van der Waals surface area contributed by atoms with Gasteiger partial charge in [-0.2, -0.15) is 0 Å². The van der Waals surface area contributed by atoms with Gasteiger partial charge in [0.05, 0.1) is 19.0 Å². The number of carbonyl (C=O) groups is 1. The Balaban J connectivity index is 2.14. The number of carbonyl (C=O) groups excluding carboxylic acids is 1. The van der Waals surface area contributed by atoms with Gasteiger partial charge in [0.15, 0.2) is 5.69 Å². The van der Waals surface area contributed by atoms with E-state index < -0.39 is 5.97 Å². The van der Waals surface area contributed by atoms with Gasteiger partial charge >= 0.3 is 5.97 Å². The summed E-state index contributed by atoms with van der Waals surface area (Å²) in [6, 6.07) is 0. The first-order chi connectivity index (χ1) is 8.74. The fourth-order valence-electron chi connectivity index (χ4n) is 1.56. The summed E-state index contributed by atoms with van der Waals surface area (Å²) in [6.45, 7) is 2.62. The predicted molar refractivity (Wildman–Crippen MR) is 70.7 cm³/mol. The molecule has 0 saturated heterocycles. The first kappa shape index (κ1) is 14.9. The molecule has 0 radical (unpaired) electrons. The van der Waals surface area contributed by atoms with Gasteiger partial charge in [-0.15, -0.1) is 0 Å². The Morgan fingerprint density at radius 2 is 1.94 bits per heavy atom. The molecule has 0 fully saturated rings. The molecule has 0 atom stereocenters. The van der Waals surface area contributed by atoms with Crippen molar-refractivity contribution in [2.75, 3.05) is 6.61 Å². The summed E-state index contributed by atoms with van der Waals surface area (Å²) in [6.07, 6.45) is 9.69. The van der Waals surface area contributed by atoms with E-state index in [9.17, 15) is 4.79 Å². The number of hydrogen-bond acceptors (Lipinski definition) is 4. The molecule has 1 aromatic rings. The van der Waals surface area contributed by atoms with Crippen molar-refractivity contribution in [3.05, 3.63) is 23.2 Å². The molecule has 1 rings (SSSR count). The van der Waals surface area contributed by atoms with E-state index in [0.29, 0.717) is 6.61 Å². The standard InChI is InChI=1S/C13H19ClN2O2/c1-2-3-4-5-6-7-8-18-13(17)11-9-15-10-12(14)16-11/h9-10H,2-8H2,1H3. The van der Waals surface area contributed by atoms with E-state index in [1.54, 1.807) is 0 Å². The lowest BCUT2D eigenvalue weighted by Crippen LogP contribution is -2.09. The zero-order valence-electron chi connectivity index (χ0n) is 10.7. The number of rotatable bonds is 8. The summed E-state index contributed by atoms with van der Waals surface area (Å²) >= 11 is 5.64. The Labute approximate surface area is 113 Å². The van der Waals surface area contributed by atoms with Crippen molar-refractivity contribution in [2.45, 2.75) is 45.4 Å². The second kappa shape index (κ2) is 8.86. The summed E-state index contributed by atoms with van der Waals surface area (Å²) in [4.78, 5) is 19.2. The molecular formula is C13H19ClN2O2. The maximum absolute atomic E-state index is 11.5. The van der Waals surface area contributed by atoms with Crippen LogP contribution in [0.15, 0.2) is 12.4 Å². The van der Waals surface area contributed by atoms with E-state index in [-0.39, 0.29) is 10.8 Å². The normalized spacial score (nSPS) is 10.3. The highest BCUT2D eigenvalue weighted by molar-refractivity contribution is 6.29. The van der Waals surface area contributed by atoms with Gasteiger partial charge in [-0.25, -0.2) is 9.78 Å². The Morgan fingerprint density at radius 3 is 2.67 bits per heavy atom. The highest BCUT2D eigenvalue weighted by Gasteiger charge is 2.09. The fraction of sp³-hybridized carbons (Fsp3) is 0.615. The number of aromatic nitrogens is 2. The van der Waals surface area contributed by atoms with E-state index in [2.05, 4.69) is 16.9 Å². The van der Waals surface area contributed by atoms with Gasteiger partial charge in [0.2, 0.25) is 0 Å². The van der Waals surface area contributed by atoms with Crippen LogP contribution in [-0.4, -0.2) is 22.5 Å². The van der Waals surface area contributed by atoms with E-state index in [4.69, 9.17) is 16.3 Å². The third-order valence-electron chi connectivity index (χ3n) is 2.55. The van der Waals surface area contributed by atoms with Crippen molar-refractivity contribution >= 4 is 17.6 Å². The van der Waals surface area contributed by atoms with E-state index in [1.165, 1.54) is 38.1 Å². The minimum absolute atomic E-state index is 0.161. The average molecular weight is 271 g/mol. The molecule has 0 amide bonds. The second-order valence-electron chi connectivity index (χ2n) is 4.13. The van der Waals surface area contributed by atoms with Crippen LogP contribution in [0.4, 0.5) is 0 Å². The highest BCUT2D eigenvalue weighted by atomic mass is 35.5. The topological polar surface area (TPSA) is 52.1 Å². The van der Waals surface area contributed by atoms with Crippen LogP contribution in [0.1, 0.15) is 55.9 Å². The summed E-state index contributed by atoms with van der Waals surface area (Å²) in [7, 11) is 0. The fourth-order valence-corrected chi connectivity index (χ4v) is 1.71. The number of ether oxygens (including phenoxy) is 1. The lowest BCUT2D eigenvalue weighted by atomic mass is 10.1. The zero-order chi connectivity index (χ0) is 13.2. The van der Waals surface area contributed by atoms with Crippen molar-refractivity contribution in [2.24, 2.45) is 0 Å². The monoisotopic (exact) mass is 270 g/mol. The molecule has 0 aromatic carbocycles. The largest absolute Gasteiger partial charge is 0.461 e. The third-order valence-corrected chi connectivity index (χ3v) is 2.73. The smallest absolute Gasteiger partial charge is 0.358 e. The van der Waals surface area contributed by atoms with E-state index in [1.807, 2.05) is 0 Å². The summed E-state index contributed by atoms with van der Waals surface area (Å²) in [5.74, 6) is -0.460. The van der Waals surface area contributed by atoms with Crippen molar-refractivity contribution in [3.63, 3.8) is 0 Å². The Bertz CT molecular complexity index is 372. The molecule has 0 spiro atoms. The molecule has 0 unspecified atom stereocenters. The molecule has 4 nitrogen and oxygen atoms in total. The molecule has 0 aliphatic heterocycles. The molecule has 1 aromatic heterocycles. The molecule has 1 heterocycles. The molecule has 0 bridgehead atoms. The van der Waals surface area contributed by atoms with Crippen LogP contribution in [-0.2, 0) is 4.74 Å².